The van der Waals surface area contributed by atoms with Crippen molar-refractivity contribution in [3.05, 3.63) is 29.3 Å². The Balaban J connectivity index is 2.11. The molecule has 0 aromatic heterocycles. The Kier molecular flexibility index (Phi) is 5.58. The van der Waals surface area contributed by atoms with Crippen LogP contribution in [-0.2, 0) is 11.2 Å². The third-order valence-electron chi connectivity index (χ3n) is 4.00. The van der Waals surface area contributed by atoms with Crippen LogP contribution in [0.3, 0.4) is 0 Å². The first-order chi connectivity index (χ1) is 10.5. The van der Waals surface area contributed by atoms with Gasteiger partial charge in [0.2, 0.25) is 0 Å². The van der Waals surface area contributed by atoms with Crippen molar-refractivity contribution in [2.24, 2.45) is 5.92 Å². The minimum Gasteiger partial charge on any atom is -0.481 e. The fraction of sp³-hybridized carbons (Fsp3) is 0.556. The number of Topliss-reactive ketones (excluding diaryl/α,β-unsaturated/α-hetero) is 1. The molecular weight excluding hydrogens is 278 g/mol. The van der Waals surface area contributed by atoms with Crippen LogP contribution in [0.15, 0.2) is 18.2 Å². The second-order valence-electron chi connectivity index (χ2n) is 6.46. The quantitative estimate of drug-likeness (QED) is 0.783. The maximum atomic E-state index is 12.2. The Hall–Kier alpha value is -1.84. The van der Waals surface area contributed by atoms with Gasteiger partial charge in [0.1, 0.15) is 0 Å². The number of nitrogens with zero attached hydrogens (tertiary/aromatic N) is 1. The summed E-state index contributed by atoms with van der Waals surface area (Å²) in [6.45, 7) is 6.45. The minimum absolute atomic E-state index is 0.0409. The Morgan fingerprint density at radius 3 is 2.73 bits per heavy atom. The standard InChI is InChI=1S/C18H25NO3/c1-13(2)12-19-10-4-5-14-8-9-15(11-16(14)19)17(20)6-3-7-18(21)22/h8-9,11,13H,3-7,10,12H2,1-2H3,(H,21,22). The van der Waals surface area contributed by atoms with Gasteiger partial charge in [-0.1, -0.05) is 26.0 Å². The van der Waals surface area contributed by atoms with Gasteiger partial charge in [0.25, 0.3) is 0 Å². The minimum atomic E-state index is -0.846. The van der Waals surface area contributed by atoms with Gasteiger partial charge in [0.15, 0.2) is 5.78 Å². The summed E-state index contributed by atoms with van der Waals surface area (Å²) in [4.78, 5) is 25.1. The summed E-state index contributed by atoms with van der Waals surface area (Å²) in [6.07, 6.45) is 2.98. The van der Waals surface area contributed by atoms with Crippen LogP contribution in [0, 0.1) is 5.92 Å². The molecular formula is C18H25NO3. The molecule has 22 heavy (non-hydrogen) atoms. The van der Waals surface area contributed by atoms with Crippen molar-refractivity contribution in [3.63, 3.8) is 0 Å². The lowest BCUT2D eigenvalue weighted by Gasteiger charge is -2.33. The Labute approximate surface area is 132 Å². The molecule has 2 rings (SSSR count). The molecule has 0 spiro atoms. The van der Waals surface area contributed by atoms with Gasteiger partial charge in [-0.05, 0) is 36.8 Å². The molecule has 120 valence electrons. The van der Waals surface area contributed by atoms with Crippen LogP contribution in [0.1, 0.15) is 55.5 Å². The molecule has 0 saturated carbocycles. The van der Waals surface area contributed by atoms with Crippen LogP contribution in [-0.4, -0.2) is 29.9 Å². The summed E-state index contributed by atoms with van der Waals surface area (Å²) in [5.74, 6) is -0.221. The molecule has 0 aliphatic carbocycles. The largest absolute Gasteiger partial charge is 0.481 e. The van der Waals surface area contributed by atoms with E-state index in [0.717, 1.165) is 25.9 Å². The summed E-state index contributed by atoms with van der Waals surface area (Å²) < 4.78 is 0. The van der Waals surface area contributed by atoms with E-state index >= 15 is 0 Å². The summed E-state index contributed by atoms with van der Waals surface area (Å²) in [5, 5.41) is 8.66. The number of carboxylic acid groups (broad SMARTS) is 1. The average molecular weight is 303 g/mol. The SMILES string of the molecule is CC(C)CN1CCCc2ccc(C(=O)CCCC(=O)O)cc21. The number of carbonyl (C=O) groups excluding carboxylic acids is 1. The van der Waals surface area contributed by atoms with Gasteiger partial charge in [-0.2, -0.15) is 0 Å². The highest BCUT2D eigenvalue weighted by molar-refractivity contribution is 5.97. The molecule has 1 N–H and O–H groups in total. The predicted molar refractivity (Wildman–Crippen MR) is 87.6 cm³/mol. The van der Waals surface area contributed by atoms with Crippen molar-refractivity contribution < 1.29 is 14.7 Å². The van der Waals surface area contributed by atoms with Crippen molar-refractivity contribution in [3.8, 4) is 0 Å². The molecule has 0 amide bonds. The van der Waals surface area contributed by atoms with Gasteiger partial charge in [-0.3, -0.25) is 9.59 Å². The molecule has 0 fully saturated rings. The monoisotopic (exact) mass is 303 g/mol. The number of carboxylic acids is 1. The van der Waals surface area contributed by atoms with Crippen LogP contribution < -0.4 is 4.90 Å². The first kappa shape index (κ1) is 16.5. The highest BCUT2D eigenvalue weighted by Gasteiger charge is 2.19. The maximum absolute atomic E-state index is 12.2. The molecule has 4 nitrogen and oxygen atoms in total. The van der Waals surface area contributed by atoms with Crippen molar-refractivity contribution in [1.82, 2.24) is 0 Å². The van der Waals surface area contributed by atoms with Crippen LogP contribution in [0.25, 0.3) is 0 Å². The number of fused-ring (bicyclic) bond motifs is 1. The fourth-order valence-electron chi connectivity index (χ4n) is 3.00. The van der Waals surface area contributed by atoms with Gasteiger partial charge in [0, 0.05) is 37.2 Å². The molecule has 1 aromatic rings. The lowest BCUT2D eigenvalue weighted by atomic mass is 9.96. The van der Waals surface area contributed by atoms with E-state index in [1.165, 1.54) is 11.3 Å². The molecule has 4 heteroatoms. The highest BCUT2D eigenvalue weighted by Crippen LogP contribution is 2.29. The van der Waals surface area contributed by atoms with E-state index in [2.05, 4.69) is 24.8 Å². The summed E-state index contributed by atoms with van der Waals surface area (Å²) in [5.41, 5.74) is 3.21. The molecule has 1 aliphatic rings. The van der Waals surface area contributed by atoms with Crippen LogP contribution in [0.2, 0.25) is 0 Å². The van der Waals surface area contributed by atoms with Gasteiger partial charge in [-0.15, -0.1) is 0 Å². The number of ketones is 1. The molecule has 1 heterocycles. The Bertz CT molecular complexity index is 551. The van der Waals surface area contributed by atoms with E-state index in [-0.39, 0.29) is 12.2 Å². The third kappa shape index (κ3) is 4.33. The first-order valence-electron chi connectivity index (χ1n) is 8.10. The smallest absolute Gasteiger partial charge is 0.303 e. The number of aryl methyl sites for hydroxylation is 1. The van der Waals surface area contributed by atoms with Gasteiger partial charge < -0.3 is 10.0 Å². The van der Waals surface area contributed by atoms with E-state index < -0.39 is 5.97 Å². The summed E-state index contributed by atoms with van der Waals surface area (Å²) in [6, 6.07) is 5.95. The zero-order chi connectivity index (χ0) is 16.1. The van der Waals surface area contributed by atoms with E-state index in [1.54, 1.807) is 0 Å². The first-order valence-corrected chi connectivity index (χ1v) is 8.10. The molecule has 1 aliphatic heterocycles. The van der Waals surface area contributed by atoms with Crippen molar-refractivity contribution in [1.29, 1.82) is 0 Å². The summed E-state index contributed by atoms with van der Waals surface area (Å²) >= 11 is 0. The average Bonchev–Trinajstić information content (AvgIpc) is 2.46. The zero-order valence-electron chi connectivity index (χ0n) is 13.5. The van der Waals surface area contributed by atoms with E-state index in [0.29, 0.717) is 24.3 Å². The number of benzene rings is 1. The Morgan fingerprint density at radius 2 is 2.05 bits per heavy atom. The number of hydrogen-bond acceptors (Lipinski definition) is 3. The highest BCUT2D eigenvalue weighted by atomic mass is 16.4. The predicted octanol–water partition coefficient (Wildman–Crippen LogP) is 3.53. The molecule has 0 radical (unpaired) electrons. The fourth-order valence-corrected chi connectivity index (χ4v) is 3.00. The molecule has 1 aromatic carbocycles. The van der Waals surface area contributed by atoms with Gasteiger partial charge in [0.05, 0.1) is 0 Å². The van der Waals surface area contributed by atoms with E-state index in [9.17, 15) is 9.59 Å². The molecule has 0 saturated heterocycles. The topological polar surface area (TPSA) is 57.6 Å². The summed E-state index contributed by atoms with van der Waals surface area (Å²) in [7, 11) is 0. The van der Waals surface area contributed by atoms with Crippen molar-refractivity contribution >= 4 is 17.4 Å². The van der Waals surface area contributed by atoms with Gasteiger partial charge in [-0.25, -0.2) is 0 Å². The molecule has 0 unspecified atom stereocenters. The lowest BCUT2D eigenvalue weighted by Crippen LogP contribution is -2.32. The van der Waals surface area contributed by atoms with Crippen LogP contribution >= 0.6 is 0 Å². The van der Waals surface area contributed by atoms with E-state index in [1.807, 2.05) is 12.1 Å². The second kappa shape index (κ2) is 7.43. The normalized spacial score (nSPS) is 14.0. The maximum Gasteiger partial charge on any atom is 0.303 e. The molecule has 0 atom stereocenters. The van der Waals surface area contributed by atoms with Crippen LogP contribution in [0.5, 0.6) is 0 Å². The van der Waals surface area contributed by atoms with Crippen molar-refractivity contribution in [2.75, 3.05) is 18.0 Å². The van der Waals surface area contributed by atoms with Crippen LogP contribution in [0.4, 0.5) is 5.69 Å². The number of carbonyl (C=O) groups is 2. The number of anilines is 1. The number of hydrogen-bond donors (Lipinski definition) is 1. The van der Waals surface area contributed by atoms with Gasteiger partial charge >= 0.3 is 5.97 Å². The number of rotatable bonds is 7. The molecule has 0 bridgehead atoms. The lowest BCUT2D eigenvalue weighted by molar-refractivity contribution is -0.137. The van der Waals surface area contributed by atoms with Crippen molar-refractivity contribution in [2.45, 2.75) is 46.0 Å². The zero-order valence-corrected chi connectivity index (χ0v) is 13.5. The Morgan fingerprint density at radius 1 is 1.27 bits per heavy atom. The third-order valence-corrected chi connectivity index (χ3v) is 4.00. The number of aliphatic carboxylic acids is 1. The van der Waals surface area contributed by atoms with E-state index in [4.69, 9.17) is 5.11 Å². The second-order valence-corrected chi connectivity index (χ2v) is 6.46.